The summed E-state index contributed by atoms with van der Waals surface area (Å²) in [6, 6.07) is 4.48. The summed E-state index contributed by atoms with van der Waals surface area (Å²) in [4.78, 5) is 18.9. The van der Waals surface area contributed by atoms with Crippen LogP contribution in [0.4, 0.5) is 0 Å². The second-order valence-corrected chi connectivity index (χ2v) is 5.60. The van der Waals surface area contributed by atoms with Gasteiger partial charge in [-0.3, -0.25) is 9.78 Å². The minimum Gasteiger partial charge on any atom is -0.379 e. The van der Waals surface area contributed by atoms with Gasteiger partial charge in [0, 0.05) is 31.0 Å². The van der Waals surface area contributed by atoms with E-state index in [1.807, 2.05) is 30.3 Å². The lowest BCUT2D eigenvalue weighted by atomic mass is 10.0. The predicted molar refractivity (Wildman–Crippen MR) is 75.0 cm³/mol. The van der Waals surface area contributed by atoms with E-state index in [2.05, 4.69) is 10.3 Å². The van der Waals surface area contributed by atoms with E-state index in [1.54, 1.807) is 6.20 Å². The first-order chi connectivity index (χ1) is 9.79. The van der Waals surface area contributed by atoms with Gasteiger partial charge < -0.3 is 15.0 Å². The maximum Gasteiger partial charge on any atom is 0.230 e. The minimum atomic E-state index is -0.0581. The third kappa shape index (κ3) is 2.83. The molecule has 1 aromatic heterocycles. The van der Waals surface area contributed by atoms with Crippen LogP contribution in [0.5, 0.6) is 0 Å². The normalized spacial score (nSPS) is 25.6. The molecule has 2 aliphatic rings. The molecule has 1 aliphatic heterocycles. The smallest absolute Gasteiger partial charge is 0.230 e. The fourth-order valence-electron chi connectivity index (χ4n) is 2.76. The number of ether oxygens (including phenoxy) is 1. The second kappa shape index (κ2) is 5.89. The van der Waals surface area contributed by atoms with Gasteiger partial charge in [-0.2, -0.15) is 0 Å². The zero-order valence-corrected chi connectivity index (χ0v) is 11.8. The molecule has 0 spiro atoms. The fourth-order valence-corrected chi connectivity index (χ4v) is 2.76. The van der Waals surface area contributed by atoms with Crippen molar-refractivity contribution in [3.63, 3.8) is 0 Å². The van der Waals surface area contributed by atoms with Crippen LogP contribution in [-0.2, 0) is 16.1 Å². The first-order valence-corrected chi connectivity index (χ1v) is 7.24. The molecule has 20 heavy (non-hydrogen) atoms. The van der Waals surface area contributed by atoms with Crippen molar-refractivity contribution in [2.75, 3.05) is 20.3 Å². The number of nitrogens with one attached hydrogen (secondary N) is 1. The van der Waals surface area contributed by atoms with Crippen molar-refractivity contribution >= 4 is 5.91 Å². The fraction of sp³-hybridized carbons (Fsp3) is 0.600. The quantitative estimate of drug-likeness (QED) is 0.864. The zero-order chi connectivity index (χ0) is 13.9. The summed E-state index contributed by atoms with van der Waals surface area (Å²) < 4.78 is 5.46. The van der Waals surface area contributed by atoms with Crippen LogP contribution in [0.3, 0.4) is 0 Å². The molecule has 1 amide bonds. The van der Waals surface area contributed by atoms with Gasteiger partial charge in [0.2, 0.25) is 5.91 Å². The van der Waals surface area contributed by atoms with E-state index < -0.39 is 0 Å². The van der Waals surface area contributed by atoms with Crippen molar-refractivity contribution < 1.29 is 9.53 Å². The van der Waals surface area contributed by atoms with Crippen molar-refractivity contribution in [3.05, 3.63) is 30.1 Å². The summed E-state index contributed by atoms with van der Waals surface area (Å²) in [5, 5.41) is 3.19. The van der Waals surface area contributed by atoms with E-state index in [9.17, 15) is 4.79 Å². The van der Waals surface area contributed by atoms with E-state index in [4.69, 9.17) is 4.74 Å². The zero-order valence-electron chi connectivity index (χ0n) is 11.8. The molecule has 0 radical (unpaired) electrons. The highest BCUT2D eigenvalue weighted by Gasteiger charge is 2.40. The number of pyridine rings is 1. The highest BCUT2D eigenvalue weighted by Crippen LogP contribution is 2.31. The number of aromatic nitrogens is 1. The molecule has 0 bridgehead atoms. The van der Waals surface area contributed by atoms with Crippen molar-refractivity contribution in [1.29, 1.82) is 0 Å². The van der Waals surface area contributed by atoms with Gasteiger partial charge >= 0.3 is 0 Å². The van der Waals surface area contributed by atoms with E-state index in [1.165, 1.54) is 0 Å². The average Bonchev–Trinajstić information content (AvgIpc) is 3.21. The van der Waals surface area contributed by atoms with Crippen LogP contribution in [0.1, 0.15) is 18.4 Å². The Kier molecular flexibility index (Phi) is 3.98. The first kappa shape index (κ1) is 13.5. The Hall–Kier alpha value is -1.46. The Balaban J connectivity index is 1.72. The lowest BCUT2D eigenvalue weighted by Gasteiger charge is -2.27. The Labute approximate surface area is 119 Å². The molecule has 2 unspecified atom stereocenters. The molecule has 2 fully saturated rings. The monoisotopic (exact) mass is 275 g/mol. The van der Waals surface area contributed by atoms with Crippen LogP contribution in [0, 0.1) is 5.92 Å². The van der Waals surface area contributed by atoms with E-state index in [0.29, 0.717) is 25.8 Å². The second-order valence-electron chi connectivity index (χ2n) is 5.60. The van der Waals surface area contributed by atoms with Crippen molar-refractivity contribution in [2.45, 2.75) is 31.5 Å². The van der Waals surface area contributed by atoms with Crippen LogP contribution < -0.4 is 5.32 Å². The summed E-state index contributed by atoms with van der Waals surface area (Å²) in [5.41, 5.74) is 1.09. The number of carbonyl (C=O) groups is 1. The summed E-state index contributed by atoms with van der Waals surface area (Å²) in [6.45, 7) is 1.81. The van der Waals surface area contributed by atoms with Gasteiger partial charge in [0.05, 0.1) is 19.1 Å². The first-order valence-electron chi connectivity index (χ1n) is 7.24. The molecular weight excluding hydrogens is 254 g/mol. The molecule has 3 rings (SSSR count). The van der Waals surface area contributed by atoms with Crippen LogP contribution in [0.2, 0.25) is 0 Å². The lowest BCUT2D eigenvalue weighted by Crippen LogP contribution is -2.45. The van der Waals surface area contributed by atoms with Gasteiger partial charge in [-0.25, -0.2) is 0 Å². The molecule has 0 aromatic carbocycles. The van der Waals surface area contributed by atoms with Gasteiger partial charge in [-0.15, -0.1) is 0 Å². The average molecular weight is 275 g/mol. The predicted octanol–water partition coefficient (Wildman–Crippen LogP) is 0.807. The SMILES string of the molecule is CNC1COCC1C(=O)N(Cc1cccnc1)C1CC1. The number of carbonyl (C=O) groups excluding carboxylic acids is 1. The Morgan fingerprint density at radius 3 is 3.00 bits per heavy atom. The Morgan fingerprint density at radius 1 is 1.50 bits per heavy atom. The Bertz CT molecular complexity index is 461. The number of hydrogen-bond acceptors (Lipinski definition) is 4. The number of amides is 1. The van der Waals surface area contributed by atoms with Crippen molar-refractivity contribution in [3.8, 4) is 0 Å². The molecule has 2 atom stereocenters. The molecule has 5 nitrogen and oxygen atoms in total. The van der Waals surface area contributed by atoms with Gasteiger partial charge in [0.25, 0.3) is 0 Å². The molecular formula is C15H21N3O2. The maximum atomic E-state index is 12.8. The number of nitrogens with zero attached hydrogens (tertiary/aromatic N) is 2. The summed E-state index contributed by atoms with van der Waals surface area (Å²) >= 11 is 0. The molecule has 2 heterocycles. The molecule has 1 saturated heterocycles. The van der Waals surface area contributed by atoms with Crippen LogP contribution >= 0.6 is 0 Å². The number of hydrogen-bond donors (Lipinski definition) is 1. The van der Waals surface area contributed by atoms with E-state index >= 15 is 0 Å². The minimum absolute atomic E-state index is 0.0581. The molecule has 1 saturated carbocycles. The standard InChI is InChI=1S/C15H21N3O2/c1-16-14-10-20-9-13(14)15(19)18(12-4-5-12)8-11-3-2-6-17-7-11/h2-3,6-7,12-14,16H,4-5,8-10H2,1H3. The molecule has 1 aliphatic carbocycles. The van der Waals surface area contributed by atoms with E-state index in [0.717, 1.165) is 18.4 Å². The number of rotatable bonds is 5. The largest absolute Gasteiger partial charge is 0.379 e. The van der Waals surface area contributed by atoms with E-state index in [-0.39, 0.29) is 17.9 Å². The lowest BCUT2D eigenvalue weighted by molar-refractivity contribution is -0.137. The van der Waals surface area contributed by atoms with Crippen molar-refractivity contribution in [2.24, 2.45) is 5.92 Å². The molecule has 1 aromatic rings. The van der Waals surface area contributed by atoms with Crippen LogP contribution in [0.25, 0.3) is 0 Å². The number of likely N-dealkylation sites (N-methyl/N-ethyl adjacent to an activating group) is 1. The van der Waals surface area contributed by atoms with Gasteiger partial charge in [0.15, 0.2) is 0 Å². The topological polar surface area (TPSA) is 54.5 Å². The van der Waals surface area contributed by atoms with Crippen LogP contribution in [-0.4, -0.2) is 48.1 Å². The molecule has 108 valence electrons. The summed E-state index contributed by atoms with van der Waals surface area (Å²) in [6.07, 6.45) is 5.82. The molecule has 5 heteroatoms. The maximum absolute atomic E-state index is 12.8. The highest BCUT2D eigenvalue weighted by molar-refractivity contribution is 5.80. The van der Waals surface area contributed by atoms with Gasteiger partial charge in [-0.05, 0) is 31.5 Å². The summed E-state index contributed by atoms with van der Waals surface area (Å²) in [7, 11) is 1.89. The van der Waals surface area contributed by atoms with Gasteiger partial charge in [-0.1, -0.05) is 6.07 Å². The van der Waals surface area contributed by atoms with Crippen molar-refractivity contribution in [1.82, 2.24) is 15.2 Å². The third-order valence-corrected chi connectivity index (χ3v) is 4.11. The van der Waals surface area contributed by atoms with Gasteiger partial charge in [0.1, 0.15) is 0 Å². The van der Waals surface area contributed by atoms with Crippen LogP contribution in [0.15, 0.2) is 24.5 Å². The Morgan fingerprint density at radius 2 is 2.35 bits per heavy atom. The summed E-state index contributed by atoms with van der Waals surface area (Å²) in [5.74, 6) is 0.158. The highest BCUT2D eigenvalue weighted by atomic mass is 16.5. The third-order valence-electron chi connectivity index (χ3n) is 4.11. The molecule has 1 N–H and O–H groups in total.